The maximum atomic E-state index is 12.1. The number of hydrogen-bond donors (Lipinski definition) is 3. The minimum absolute atomic E-state index is 0.337. The molecule has 1 aromatic carbocycles. The van der Waals surface area contributed by atoms with Gasteiger partial charge in [0.2, 0.25) is 0 Å². The predicted molar refractivity (Wildman–Crippen MR) is 72.3 cm³/mol. The summed E-state index contributed by atoms with van der Waals surface area (Å²) >= 11 is 0. The third kappa shape index (κ3) is 2.75. The van der Waals surface area contributed by atoms with Gasteiger partial charge in [-0.15, -0.1) is 0 Å². The van der Waals surface area contributed by atoms with E-state index in [2.05, 4.69) is 10.3 Å². The van der Waals surface area contributed by atoms with Crippen LogP contribution in [-0.2, 0) is 4.79 Å². The molecule has 1 aromatic heterocycles. The minimum Gasteiger partial charge on any atom is -0.479 e. The predicted octanol–water partition coefficient (Wildman–Crippen LogP) is 0.800. The van der Waals surface area contributed by atoms with Crippen LogP contribution in [0.5, 0.6) is 0 Å². The van der Waals surface area contributed by atoms with E-state index in [0.717, 1.165) is 12.3 Å². The number of aliphatic carboxylic acids is 1. The number of carboxylic acids is 1. The molecule has 1 unspecified atom stereocenters. The Morgan fingerprint density at radius 2 is 2.00 bits per heavy atom. The van der Waals surface area contributed by atoms with E-state index in [1.54, 1.807) is 24.4 Å². The Kier molecular flexibility index (Phi) is 3.67. The zero-order valence-corrected chi connectivity index (χ0v) is 10.8. The van der Waals surface area contributed by atoms with Crippen LogP contribution in [0, 0.1) is 0 Å². The third-order valence-electron chi connectivity index (χ3n) is 2.93. The van der Waals surface area contributed by atoms with Gasteiger partial charge in [-0.3, -0.25) is 9.78 Å². The molecule has 0 aliphatic rings. The molecular formula is C14H14N2O4. The number of carbonyl (C=O) groups excluding carboxylic acids is 1. The summed E-state index contributed by atoms with van der Waals surface area (Å²) in [5.41, 5.74) is -1.14. The van der Waals surface area contributed by atoms with E-state index in [9.17, 15) is 14.7 Å². The monoisotopic (exact) mass is 274 g/mol. The SMILES string of the molecule is CC(O)(CNC(=O)c1cccc2cccnc12)C(=O)O. The summed E-state index contributed by atoms with van der Waals surface area (Å²) < 4.78 is 0. The van der Waals surface area contributed by atoms with Gasteiger partial charge in [-0.25, -0.2) is 4.79 Å². The topological polar surface area (TPSA) is 99.5 Å². The lowest BCUT2D eigenvalue weighted by atomic mass is 10.1. The lowest BCUT2D eigenvalue weighted by molar-refractivity contribution is -0.155. The van der Waals surface area contributed by atoms with Crippen LogP contribution in [0.1, 0.15) is 17.3 Å². The molecule has 0 bridgehead atoms. The smallest absolute Gasteiger partial charge is 0.337 e. The van der Waals surface area contributed by atoms with E-state index in [0.29, 0.717) is 11.1 Å². The van der Waals surface area contributed by atoms with Crippen LogP contribution in [0.15, 0.2) is 36.5 Å². The van der Waals surface area contributed by atoms with Crippen molar-refractivity contribution in [3.05, 3.63) is 42.1 Å². The van der Waals surface area contributed by atoms with Gasteiger partial charge < -0.3 is 15.5 Å². The zero-order chi connectivity index (χ0) is 14.8. The first-order valence-corrected chi connectivity index (χ1v) is 5.99. The second-order valence-corrected chi connectivity index (χ2v) is 4.64. The van der Waals surface area contributed by atoms with Crippen molar-refractivity contribution >= 4 is 22.8 Å². The number of benzene rings is 1. The number of carboxylic acid groups (broad SMARTS) is 1. The highest BCUT2D eigenvalue weighted by Crippen LogP contribution is 2.15. The summed E-state index contributed by atoms with van der Waals surface area (Å²) in [6.45, 7) is 0.737. The Bertz CT molecular complexity index is 662. The number of para-hydroxylation sites is 1. The summed E-state index contributed by atoms with van der Waals surface area (Å²) in [4.78, 5) is 27.0. The molecule has 104 valence electrons. The molecule has 0 saturated heterocycles. The van der Waals surface area contributed by atoms with Crippen LogP contribution in [0.3, 0.4) is 0 Å². The molecule has 2 aromatic rings. The molecule has 0 aliphatic heterocycles. The molecule has 6 nitrogen and oxygen atoms in total. The highest BCUT2D eigenvalue weighted by molar-refractivity contribution is 6.05. The van der Waals surface area contributed by atoms with Gasteiger partial charge in [0.25, 0.3) is 5.91 Å². The fraction of sp³-hybridized carbons (Fsp3) is 0.214. The van der Waals surface area contributed by atoms with Gasteiger partial charge >= 0.3 is 5.97 Å². The van der Waals surface area contributed by atoms with Crippen LogP contribution in [-0.4, -0.2) is 39.2 Å². The Morgan fingerprint density at radius 1 is 1.30 bits per heavy atom. The normalized spacial score (nSPS) is 13.7. The van der Waals surface area contributed by atoms with E-state index in [4.69, 9.17) is 5.11 Å². The van der Waals surface area contributed by atoms with Crippen LogP contribution in [0.25, 0.3) is 10.9 Å². The molecule has 0 fully saturated rings. The molecule has 1 heterocycles. The Morgan fingerprint density at radius 3 is 2.70 bits per heavy atom. The molecule has 2 rings (SSSR count). The molecule has 6 heteroatoms. The van der Waals surface area contributed by atoms with Gasteiger partial charge in [0.1, 0.15) is 0 Å². The summed E-state index contributed by atoms with van der Waals surface area (Å²) in [5, 5.41) is 21.6. The summed E-state index contributed by atoms with van der Waals surface area (Å²) in [6, 6.07) is 8.73. The highest BCUT2D eigenvalue weighted by atomic mass is 16.4. The molecule has 0 saturated carbocycles. The van der Waals surface area contributed by atoms with Crippen molar-refractivity contribution in [2.75, 3.05) is 6.54 Å². The van der Waals surface area contributed by atoms with Crippen molar-refractivity contribution in [1.29, 1.82) is 0 Å². The van der Waals surface area contributed by atoms with Crippen LogP contribution in [0.2, 0.25) is 0 Å². The number of amides is 1. The molecule has 0 spiro atoms. The standard InChI is InChI=1S/C14H14N2O4/c1-14(20,13(18)19)8-16-12(17)10-6-2-4-9-5-3-7-15-11(9)10/h2-7,20H,8H2,1H3,(H,16,17)(H,18,19). The van der Waals surface area contributed by atoms with Crippen molar-refractivity contribution in [2.45, 2.75) is 12.5 Å². The fourth-order valence-corrected chi connectivity index (χ4v) is 1.71. The fourth-order valence-electron chi connectivity index (χ4n) is 1.71. The van der Waals surface area contributed by atoms with Crippen molar-refractivity contribution in [2.24, 2.45) is 0 Å². The lowest BCUT2D eigenvalue weighted by Crippen LogP contribution is -2.46. The van der Waals surface area contributed by atoms with E-state index in [1.807, 2.05) is 12.1 Å². The lowest BCUT2D eigenvalue weighted by Gasteiger charge is -2.18. The summed E-state index contributed by atoms with van der Waals surface area (Å²) in [7, 11) is 0. The van der Waals surface area contributed by atoms with Crippen molar-refractivity contribution in [3.63, 3.8) is 0 Å². The number of nitrogens with zero attached hydrogens (tertiary/aromatic N) is 1. The van der Waals surface area contributed by atoms with Crippen LogP contribution in [0.4, 0.5) is 0 Å². The second kappa shape index (κ2) is 5.26. The summed E-state index contributed by atoms with van der Waals surface area (Å²) in [5.74, 6) is -1.87. The number of fused-ring (bicyclic) bond motifs is 1. The molecule has 1 atom stereocenters. The van der Waals surface area contributed by atoms with E-state index in [-0.39, 0.29) is 6.54 Å². The van der Waals surface area contributed by atoms with Gasteiger partial charge in [0, 0.05) is 11.6 Å². The van der Waals surface area contributed by atoms with E-state index in [1.165, 1.54) is 0 Å². The van der Waals surface area contributed by atoms with E-state index < -0.39 is 17.5 Å². The Balaban J connectivity index is 2.22. The van der Waals surface area contributed by atoms with Gasteiger partial charge in [-0.05, 0) is 19.1 Å². The average molecular weight is 274 g/mol. The first-order chi connectivity index (χ1) is 9.42. The van der Waals surface area contributed by atoms with Gasteiger partial charge in [0.05, 0.1) is 17.6 Å². The Labute approximate surface area is 115 Å². The van der Waals surface area contributed by atoms with Crippen molar-refractivity contribution < 1.29 is 19.8 Å². The number of carbonyl (C=O) groups is 2. The minimum atomic E-state index is -2.01. The average Bonchev–Trinajstić information content (AvgIpc) is 2.44. The number of hydrogen-bond acceptors (Lipinski definition) is 4. The second-order valence-electron chi connectivity index (χ2n) is 4.64. The number of pyridine rings is 1. The van der Waals surface area contributed by atoms with Crippen molar-refractivity contribution in [1.82, 2.24) is 10.3 Å². The van der Waals surface area contributed by atoms with Gasteiger partial charge in [0.15, 0.2) is 5.60 Å². The largest absolute Gasteiger partial charge is 0.479 e. The third-order valence-corrected chi connectivity index (χ3v) is 2.93. The molecule has 0 aliphatic carbocycles. The maximum Gasteiger partial charge on any atom is 0.337 e. The van der Waals surface area contributed by atoms with Crippen molar-refractivity contribution in [3.8, 4) is 0 Å². The van der Waals surface area contributed by atoms with Crippen LogP contribution >= 0.6 is 0 Å². The summed E-state index contributed by atoms with van der Waals surface area (Å²) in [6.07, 6.45) is 1.58. The molecule has 3 N–H and O–H groups in total. The zero-order valence-electron chi connectivity index (χ0n) is 10.8. The number of nitrogens with one attached hydrogen (secondary N) is 1. The Hall–Kier alpha value is -2.47. The van der Waals surface area contributed by atoms with E-state index >= 15 is 0 Å². The first kappa shape index (κ1) is 14.0. The number of aromatic nitrogens is 1. The maximum absolute atomic E-state index is 12.1. The molecule has 0 radical (unpaired) electrons. The van der Waals surface area contributed by atoms with Gasteiger partial charge in [-0.2, -0.15) is 0 Å². The number of aliphatic hydroxyl groups is 1. The highest BCUT2D eigenvalue weighted by Gasteiger charge is 2.30. The van der Waals surface area contributed by atoms with Gasteiger partial charge in [-0.1, -0.05) is 18.2 Å². The quantitative estimate of drug-likeness (QED) is 0.765. The molecule has 20 heavy (non-hydrogen) atoms. The van der Waals surface area contributed by atoms with Crippen LogP contribution < -0.4 is 5.32 Å². The molecule has 1 amide bonds. The molecular weight excluding hydrogens is 260 g/mol. The first-order valence-electron chi connectivity index (χ1n) is 5.99. The number of rotatable bonds is 4.